The predicted molar refractivity (Wildman–Crippen MR) is 60.1 cm³/mol. The predicted octanol–water partition coefficient (Wildman–Crippen LogP) is 1.35. The van der Waals surface area contributed by atoms with Gasteiger partial charge in [-0.3, -0.25) is 4.98 Å². The van der Waals surface area contributed by atoms with Crippen LogP contribution in [0, 0.1) is 6.92 Å². The van der Waals surface area contributed by atoms with Crippen LogP contribution in [-0.2, 0) is 16.6 Å². The minimum atomic E-state index is -3.35. The molecule has 0 bridgehead atoms. The molecule has 0 saturated heterocycles. The maximum Gasteiger partial charge on any atom is 0.228 e. The summed E-state index contributed by atoms with van der Waals surface area (Å²) in [4.78, 5) is 4.21. The van der Waals surface area contributed by atoms with Crippen molar-refractivity contribution < 1.29 is 8.42 Å². The Hall–Kier alpha value is -0.650. The van der Waals surface area contributed by atoms with Gasteiger partial charge in [0, 0.05) is 12.7 Å². The van der Waals surface area contributed by atoms with E-state index < -0.39 is 15.2 Å². The monoisotopic (exact) mass is 248 g/mol. The van der Waals surface area contributed by atoms with Crippen LogP contribution in [-0.4, -0.2) is 30.0 Å². The second-order valence-electron chi connectivity index (χ2n) is 3.25. The topological polar surface area (TPSA) is 50.3 Å². The van der Waals surface area contributed by atoms with Crippen molar-refractivity contribution in [2.75, 3.05) is 12.3 Å². The zero-order valence-electron chi connectivity index (χ0n) is 8.64. The number of sulfonamides is 1. The van der Waals surface area contributed by atoms with E-state index in [0.29, 0.717) is 5.69 Å². The minimum Gasteiger partial charge on any atom is -0.257 e. The third-order valence-corrected chi connectivity index (χ3v) is 4.13. The van der Waals surface area contributed by atoms with Crippen LogP contribution in [0.3, 0.4) is 0 Å². The molecule has 6 heteroatoms. The van der Waals surface area contributed by atoms with Crippen LogP contribution < -0.4 is 0 Å². The highest BCUT2D eigenvalue weighted by Gasteiger charge is 2.16. The van der Waals surface area contributed by atoms with E-state index in [1.54, 1.807) is 6.07 Å². The number of alkyl halides is 1. The van der Waals surface area contributed by atoms with Gasteiger partial charge in [0.05, 0.1) is 12.2 Å². The van der Waals surface area contributed by atoms with Gasteiger partial charge in [-0.2, -0.15) is 4.31 Å². The van der Waals surface area contributed by atoms with Crippen LogP contribution >= 0.6 is 11.6 Å². The lowest BCUT2D eigenvalue weighted by molar-refractivity contribution is 0.466. The Bertz CT molecular complexity index is 433. The van der Waals surface area contributed by atoms with Crippen LogP contribution in [0.1, 0.15) is 11.4 Å². The molecule has 0 radical (unpaired) electrons. The first-order valence-electron chi connectivity index (χ1n) is 4.38. The Labute approximate surface area is 94.9 Å². The summed E-state index contributed by atoms with van der Waals surface area (Å²) in [5, 5.41) is -0.407. The molecular formula is C9H13ClN2O2S. The highest BCUT2D eigenvalue weighted by Crippen LogP contribution is 2.07. The molecule has 1 rings (SSSR count). The molecule has 0 aromatic carbocycles. The third-order valence-electron chi connectivity index (χ3n) is 1.94. The van der Waals surface area contributed by atoms with E-state index in [1.165, 1.54) is 11.4 Å². The molecule has 0 unspecified atom stereocenters. The standard InChI is InChI=1S/C9H13ClN2O2S/c1-8-4-3-5-9(11-8)6-12(2)15(13,14)7-10/h3-5H,6-7H2,1-2H3. The molecule has 0 aliphatic heterocycles. The van der Waals surface area contributed by atoms with Crippen molar-refractivity contribution in [3.8, 4) is 0 Å². The van der Waals surface area contributed by atoms with Crippen LogP contribution in [0.2, 0.25) is 0 Å². The molecule has 4 nitrogen and oxygen atoms in total. The molecule has 1 aromatic rings. The Morgan fingerprint density at radius 2 is 2.13 bits per heavy atom. The summed E-state index contributed by atoms with van der Waals surface area (Å²) < 4.78 is 23.9. The normalized spacial score (nSPS) is 12.0. The average Bonchev–Trinajstić information content (AvgIpc) is 2.17. The Morgan fingerprint density at radius 1 is 1.47 bits per heavy atom. The van der Waals surface area contributed by atoms with Crippen molar-refractivity contribution in [1.29, 1.82) is 0 Å². The molecule has 0 amide bonds. The number of rotatable bonds is 4. The van der Waals surface area contributed by atoms with E-state index >= 15 is 0 Å². The minimum absolute atomic E-state index is 0.247. The summed E-state index contributed by atoms with van der Waals surface area (Å²) in [5.41, 5.74) is 1.58. The average molecular weight is 249 g/mol. The van der Waals surface area contributed by atoms with Crippen LogP contribution in [0.15, 0.2) is 18.2 Å². The number of aryl methyl sites for hydroxylation is 1. The highest BCUT2D eigenvalue weighted by atomic mass is 35.5. The number of hydrogen-bond acceptors (Lipinski definition) is 3. The number of hydrogen-bond donors (Lipinski definition) is 0. The third kappa shape index (κ3) is 3.44. The molecule has 0 atom stereocenters. The smallest absolute Gasteiger partial charge is 0.228 e. The number of aromatic nitrogens is 1. The second-order valence-corrected chi connectivity index (χ2v) is 5.91. The van der Waals surface area contributed by atoms with Crippen molar-refractivity contribution in [1.82, 2.24) is 9.29 Å². The van der Waals surface area contributed by atoms with E-state index in [4.69, 9.17) is 11.6 Å². The Kier molecular flexibility index (Phi) is 4.07. The molecule has 0 spiro atoms. The van der Waals surface area contributed by atoms with Gasteiger partial charge < -0.3 is 0 Å². The lowest BCUT2D eigenvalue weighted by Crippen LogP contribution is -2.27. The summed E-state index contributed by atoms with van der Waals surface area (Å²) in [6, 6.07) is 5.49. The lowest BCUT2D eigenvalue weighted by atomic mass is 10.3. The van der Waals surface area contributed by atoms with Crippen LogP contribution in [0.25, 0.3) is 0 Å². The first-order chi connectivity index (χ1) is 6.95. The van der Waals surface area contributed by atoms with Gasteiger partial charge in [0.25, 0.3) is 0 Å². The van der Waals surface area contributed by atoms with Gasteiger partial charge in [0.15, 0.2) is 0 Å². The number of nitrogens with zero attached hydrogens (tertiary/aromatic N) is 2. The fraction of sp³-hybridized carbons (Fsp3) is 0.444. The van der Waals surface area contributed by atoms with E-state index in [-0.39, 0.29) is 6.54 Å². The highest BCUT2D eigenvalue weighted by molar-refractivity contribution is 7.90. The molecule has 1 heterocycles. The fourth-order valence-electron chi connectivity index (χ4n) is 1.10. The van der Waals surface area contributed by atoms with Crippen molar-refractivity contribution in [3.63, 3.8) is 0 Å². The lowest BCUT2D eigenvalue weighted by Gasteiger charge is -2.14. The number of pyridine rings is 1. The molecule has 0 aliphatic rings. The molecule has 15 heavy (non-hydrogen) atoms. The van der Waals surface area contributed by atoms with Gasteiger partial charge in [-0.05, 0) is 19.1 Å². The molecular weight excluding hydrogens is 236 g/mol. The first kappa shape index (κ1) is 12.4. The van der Waals surface area contributed by atoms with Gasteiger partial charge in [0.2, 0.25) is 10.0 Å². The van der Waals surface area contributed by atoms with Gasteiger partial charge in [-0.1, -0.05) is 6.07 Å². The molecule has 0 aliphatic carbocycles. The van der Waals surface area contributed by atoms with E-state index in [9.17, 15) is 8.42 Å². The zero-order chi connectivity index (χ0) is 11.5. The van der Waals surface area contributed by atoms with Crippen LogP contribution in [0.5, 0.6) is 0 Å². The number of halogens is 1. The van der Waals surface area contributed by atoms with E-state index in [0.717, 1.165) is 5.69 Å². The summed E-state index contributed by atoms with van der Waals surface area (Å²) in [6.07, 6.45) is 0. The van der Waals surface area contributed by atoms with Gasteiger partial charge in [-0.15, -0.1) is 11.6 Å². The van der Waals surface area contributed by atoms with Crippen molar-refractivity contribution in [2.24, 2.45) is 0 Å². The molecule has 0 fully saturated rings. The molecule has 0 saturated carbocycles. The van der Waals surface area contributed by atoms with Crippen molar-refractivity contribution in [2.45, 2.75) is 13.5 Å². The maximum absolute atomic E-state index is 11.4. The van der Waals surface area contributed by atoms with E-state index in [2.05, 4.69) is 4.98 Å². The maximum atomic E-state index is 11.4. The first-order valence-corrected chi connectivity index (χ1v) is 6.52. The molecule has 84 valence electrons. The SMILES string of the molecule is Cc1cccc(CN(C)S(=O)(=O)CCl)n1. The van der Waals surface area contributed by atoms with Gasteiger partial charge in [0.1, 0.15) is 5.21 Å². The Morgan fingerprint density at radius 3 is 2.67 bits per heavy atom. The Balaban J connectivity index is 2.79. The molecule has 1 aromatic heterocycles. The summed E-state index contributed by atoms with van der Waals surface area (Å²) >= 11 is 5.34. The summed E-state index contributed by atoms with van der Waals surface area (Å²) in [5.74, 6) is 0. The second kappa shape index (κ2) is 4.92. The van der Waals surface area contributed by atoms with Crippen molar-refractivity contribution in [3.05, 3.63) is 29.6 Å². The summed E-state index contributed by atoms with van der Waals surface area (Å²) in [6.45, 7) is 2.11. The van der Waals surface area contributed by atoms with Gasteiger partial charge in [-0.25, -0.2) is 8.42 Å². The zero-order valence-corrected chi connectivity index (χ0v) is 10.2. The summed E-state index contributed by atoms with van der Waals surface area (Å²) in [7, 11) is -1.86. The fourth-order valence-corrected chi connectivity index (χ4v) is 2.09. The van der Waals surface area contributed by atoms with E-state index in [1.807, 2.05) is 19.1 Å². The largest absolute Gasteiger partial charge is 0.257 e. The van der Waals surface area contributed by atoms with Gasteiger partial charge >= 0.3 is 0 Å². The van der Waals surface area contributed by atoms with Crippen LogP contribution in [0.4, 0.5) is 0 Å². The van der Waals surface area contributed by atoms with Crippen molar-refractivity contribution >= 4 is 21.6 Å². The molecule has 0 N–H and O–H groups in total. The quantitative estimate of drug-likeness (QED) is 0.756.